The highest BCUT2D eigenvalue weighted by Gasteiger charge is 2.68. The first-order valence-corrected chi connectivity index (χ1v) is 10.0. The van der Waals surface area contributed by atoms with E-state index in [4.69, 9.17) is 4.11 Å². The van der Waals surface area contributed by atoms with Crippen LogP contribution in [0.25, 0.3) is 0 Å². The Labute approximate surface area is 199 Å². The predicted molar refractivity (Wildman–Crippen MR) is 120 cm³/mol. The molecule has 4 N–H and O–H groups in total. The molecule has 0 heterocycles. The van der Waals surface area contributed by atoms with Crippen molar-refractivity contribution in [2.75, 3.05) is 6.61 Å². The maximum Gasteiger partial charge on any atom is 0.246 e. The van der Waals surface area contributed by atoms with Gasteiger partial charge in [0.1, 0.15) is 6.10 Å². The van der Waals surface area contributed by atoms with Gasteiger partial charge >= 0.3 is 0 Å². The highest BCUT2D eigenvalue weighted by Crippen LogP contribution is 2.35. The second-order valence-corrected chi connectivity index (χ2v) is 7.32. The number of carbonyl (C=O) groups is 4. The summed E-state index contributed by atoms with van der Waals surface area (Å²) in [5.74, 6) is -7.24. The summed E-state index contributed by atoms with van der Waals surface area (Å²) in [4.78, 5) is 54.1. The van der Waals surface area contributed by atoms with Crippen molar-refractivity contribution >= 4 is 23.1 Å². The quantitative estimate of drug-likeness (QED) is 0.197. The third-order valence-electron chi connectivity index (χ3n) is 5.28. The molecule has 0 aliphatic carbocycles. The van der Waals surface area contributed by atoms with Crippen molar-refractivity contribution in [1.29, 1.82) is 0 Å². The molecule has 34 heavy (non-hydrogen) atoms. The largest absolute Gasteiger partial charge is 0.394 e. The number of aliphatic hydroxyl groups is 4. The first kappa shape index (κ1) is 20.8. The number of hydrogen-bond acceptors (Lipinski definition) is 8. The summed E-state index contributed by atoms with van der Waals surface area (Å²) in [5.41, 5.74) is -9.93. The van der Waals surface area contributed by atoms with Crippen LogP contribution >= 0.6 is 0 Å². The van der Waals surface area contributed by atoms with Crippen LogP contribution < -0.4 is 0 Å². The number of rotatable bonds is 10. The van der Waals surface area contributed by atoms with Gasteiger partial charge in [-0.05, 0) is 0 Å². The Morgan fingerprint density at radius 1 is 0.735 bits per heavy atom. The lowest BCUT2D eigenvalue weighted by molar-refractivity contribution is -0.171. The molecular formula is C26H22O8. The van der Waals surface area contributed by atoms with Gasteiger partial charge in [0, 0.05) is 16.7 Å². The van der Waals surface area contributed by atoms with Crippen LogP contribution in [0.2, 0.25) is 0 Å². The maximum absolute atomic E-state index is 13.7. The van der Waals surface area contributed by atoms with Gasteiger partial charge in [0.05, 0.1) is 10.7 Å². The maximum atomic E-state index is 13.7. The lowest BCUT2D eigenvalue weighted by Crippen LogP contribution is -2.74. The summed E-state index contributed by atoms with van der Waals surface area (Å²) in [6, 6.07) is 12.7. The molecule has 174 valence electrons. The summed E-state index contributed by atoms with van der Waals surface area (Å²) in [6.45, 7) is -1.46. The molecule has 8 nitrogen and oxygen atoms in total. The van der Waals surface area contributed by atoms with E-state index in [1.54, 1.807) is 0 Å². The molecule has 3 aromatic rings. The fourth-order valence-electron chi connectivity index (χ4n) is 3.43. The zero-order valence-electron chi connectivity index (χ0n) is 20.6. The number of Topliss-reactive ketones (excluding diaryl/α,β-unsaturated/α-hetero) is 4. The summed E-state index contributed by atoms with van der Waals surface area (Å²) < 4.78 is 23.9. The fourth-order valence-corrected chi connectivity index (χ4v) is 3.43. The van der Waals surface area contributed by atoms with Crippen LogP contribution in [0.5, 0.6) is 0 Å². The molecule has 0 saturated heterocycles. The SMILES string of the molecule is [2H]c1ccccc1C(=O)C(=O)[C@](O)(C(=O)c1ccccc1[2H])[C@@](O)(C(=O)c1ccccc1[2H])[C@H](O)CO. The van der Waals surface area contributed by atoms with Crippen molar-refractivity contribution in [3.63, 3.8) is 0 Å². The molecule has 8 heteroatoms. The van der Waals surface area contributed by atoms with E-state index >= 15 is 0 Å². The number of ketones is 4. The van der Waals surface area contributed by atoms with E-state index in [0.717, 1.165) is 36.4 Å². The van der Waals surface area contributed by atoms with Gasteiger partial charge in [0.15, 0.2) is 5.60 Å². The smallest absolute Gasteiger partial charge is 0.246 e. The van der Waals surface area contributed by atoms with E-state index in [-0.39, 0.29) is 0 Å². The zero-order valence-corrected chi connectivity index (χ0v) is 17.6. The van der Waals surface area contributed by atoms with Gasteiger partial charge in [-0.15, -0.1) is 0 Å². The molecule has 0 aliphatic heterocycles. The Hall–Kier alpha value is -3.82. The highest BCUT2D eigenvalue weighted by atomic mass is 16.4. The van der Waals surface area contributed by atoms with Crippen molar-refractivity contribution in [1.82, 2.24) is 0 Å². The summed E-state index contributed by atoms with van der Waals surface area (Å²) >= 11 is 0. The second kappa shape index (κ2) is 9.98. The van der Waals surface area contributed by atoms with E-state index in [1.165, 1.54) is 36.4 Å². The summed E-state index contributed by atoms with van der Waals surface area (Å²) in [7, 11) is 0. The van der Waals surface area contributed by atoms with Crippen molar-refractivity contribution in [2.45, 2.75) is 17.3 Å². The monoisotopic (exact) mass is 465 g/mol. The zero-order chi connectivity index (χ0) is 27.5. The molecule has 0 amide bonds. The second-order valence-electron chi connectivity index (χ2n) is 7.32. The lowest BCUT2D eigenvalue weighted by atomic mass is 9.67. The van der Waals surface area contributed by atoms with Gasteiger partial charge in [0.25, 0.3) is 0 Å². The number of benzene rings is 3. The van der Waals surface area contributed by atoms with E-state index in [1.807, 2.05) is 0 Å². The number of aliphatic hydroxyl groups excluding tert-OH is 2. The van der Waals surface area contributed by atoms with Crippen LogP contribution in [0.1, 0.15) is 35.2 Å². The molecule has 0 radical (unpaired) electrons. The van der Waals surface area contributed by atoms with Gasteiger partial charge in [-0.2, -0.15) is 0 Å². The third-order valence-corrected chi connectivity index (χ3v) is 5.28. The van der Waals surface area contributed by atoms with Crippen LogP contribution in [-0.4, -0.2) is 67.5 Å². The van der Waals surface area contributed by atoms with Crippen LogP contribution in [0.3, 0.4) is 0 Å². The van der Waals surface area contributed by atoms with Crippen molar-refractivity contribution < 1.29 is 43.7 Å². The minimum atomic E-state index is -4.09. The Balaban J connectivity index is 2.37. The van der Waals surface area contributed by atoms with E-state index < -0.39 is 81.9 Å². The lowest BCUT2D eigenvalue weighted by Gasteiger charge is -2.41. The van der Waals surface area contributed by atoms with Gasteiger partial charge in [0.2, 0.25) is 28.7 Å². The number of carbonyl (C=O) groups excluding carboxylic acids is 4. The average molecular weight is 465 g/mol. The minimum absolute atomic E-state index is 0.481. The van der Waals surface area contributed by atoms with E-state index in [2.05, 4.69) is 0 Å². The first-order chi connectivity index (χ1) is 17.4. The normalized spacial score (nSPS) is 16.6. The molecule has 0 aromatic heterocycles. The van der Waals surface area contributed by atoms with Gasteiger partial charge < -0.3 is 20.4 Å². The molecule has 3 aromatic carbocycles. The third kappa shape index (κ3) is 4.11. The van der Waals surface area contributed by atoms with Crippen LogP contribution in [0.4, 0.5) is 0 Å². The number of hydrogen-bond donors (Lipinski definition) is 4. The molecule has 0 fully saturated rings. The van der Waals surface area contributed by atoms with Crippen LogP contribution in [0.15, 0.2) is 90.9 Å². The average Bonchev–Trinajstić information content (AvgIpc) is 2.90. The molecule has 3 atom stereocenters. The Morgan fingerprint density at radius 3 is 1.62 bits per heavy atom. The minimum Gasteiger partial charge on any atom is -0.394 e. The highest BCUT2D eigenvalue weighted by molar-refractivity contribution is 6.52. The van der Waals surface area contributed by atoms with Gasteiger partial charge in [-0.1, -0.05) is 90.9 Å². The Morgan fingerprint density at radius 2 is 1.18 bits per heavy atom. The van der Waals surface area contributed by atoms with E-state index in [0.29, 0.717) is 0 Å². The summed E-state index contributed by atoms with van der Waals surface area (Å²) in [5, 5.41) is 43.6. The van der Waals surface area contributed by atoms with Crippen LogP contribution in [-0.2, 0) is 4.79 Å². The van der Waals surface area contributed by atoms with Crippen molar-refractivity contribution in [2.24, 2.45) is 0 Å². The fraction of sp³-hybridized carbons (Fsp3) is 0.154. The molecule has 0 spiro atoms. The molecular weight excluding hydrogens is 440 g/mol. The molecule has 0 saturated carbocycles. The molecule has 3 rings (SSSR count). The first-order valence-electron chi connectivity index (χ1n) is 11.5. The predicted octanol–water partition coefficient (Wildman–Crippen LogP) is 1.02. The van der Waals surface area contributed by atoms with E-state index in [9.17, 15) is 39.6 Å². The van der Waals surface area contributed by atoms with Crippen molar-refractivity contribution in [3.05, 3.63) is 108 Å². The van der Waals surface area contributed by atoms with Gasteiger partial charge in [-0.3, -0.25) is 19.2 Å². The topological polar surface area (TPSA) is 149 Å². The Bertz CT molecular complexity index is 1390. The Kier molecular flexibility index (Phi) is 6.10. The summed E-state index contributed by atoms with van der Waals surface area (Å²) in [6.07, 6.45) is -2.71. The van der Waals surface area contributed by atoms with Crippen LogP contribution in [0, 0.1) is 0 Å². The standard InChI is InChI=1S/C26H22O8/c27-16-20(28)25(33,22(30)18-12-6-2-7-13-18)26(34,23(31)19-14-8-3-9-15-19)24(32)21(29)17-10-4-1-5-11-17/h1-15,20,27-28,33-34H,16H2/t20-,25+,26-/m1/s1/i10D,12D,14D. The molecule has 0 aliphatic rings. The van der Waals surface area contributed by atoms with Gasteiger partial charge in [-0.25, -0.2) is 0 Å². The molecule has 0 unspecified atom stereocenters. The molecule has 0 bridgehead atoms. The van der Waals surface area contributed by atoms with Crippen molar-refractivity contribution in [3.8, 4) is 0 Å².